The minimum Gasteiger partial charge on any atom is -0.478 e. The molecule has 1 N–H and O–H groups in total. The molecule has 100 valence electrons. The Morgan fingerprint density at radius 1 is 1.33 bits per heavy atom. The lowest BCUT2D eigenvalue weighted by Crippen LogP contribution is -2.13. The number of halogens is 2. The number of alkyl halides is 2. The predicted octanol–water partition coefficient (Wildman–Crippen LogP) is 1.62. The molecule has 0 atom stereocenters. The summed E-state index contributed by atoms with van der Waals surface area (Å²) >= 11 is 0. The summed E-state index contributed by atoms with van der Waals surface area (Å²) < 4.78 is 28.3. The van der Waals surface area contributed by atoms with E-state index in [2.05, 4.69) is 9.97 Å². The summed E-state index contributed by atoms with van der Waals surface area (Å²) in [7, 11) is 0. The summed E-state index contributed by atoms with van der Waals surface area (Å²) in [4.78, 5) is 18.9. The van der Waals surface area contributed by atoms with E-state index in [1.807, 2.05) is 0 Å². The topological polar surface area (TPSA) is 72.3 Å². The molecule has 0 aromatic carbocycles. The molecule has 0 amide bonds. The van der Waals surface area contributed by atoms with Gasteiger partial charge < -0.3 is 9.84 Å². The van der Waals surface area contributed by atoms with Crippen molar-refractivity contribution in [1.29, 1.82) is 0 Å². The fourth-order valence-corrected chi connectivity index (χ4v) is 1.54. The molecular weight excluding hydrogens is 246 g/mol. The van der Waals surface area contributed by atoms with Gasteiger partial charge in [-0.15, -0.1) is 0 Å². The van der Waals surface area contributed by atoms with E-state index in [1.165, 1.54) is 0 Å². The van der Waals surface area contributed by atoms with Crippen LogP contribution in [0.5, 0.6) is 0 Å². The van der Waals surface area contributed by atoms with Crippen LogP contribution in [0.1, 0.15) is 27.6 Å². The molecule has 0 bridgehead atoms. The Kier molecular flexibility index (Phi) is 5.08. The number of carboxylic acids is 1. The number of hydrogen-bond donors (Lipinski definition) is 1. The predicted molar refractivity (Wildman–Crippen MR) is 59.0 cm³/mol. The number of carbonyl (C=O) groups is 1. The van der Waals surface area contributed by atoms with Crippen molar-refractivity contribution in [2.45, 2.75) is 26.7 Å². The summed E-state index contributed by atoms with van der Waals surface area (Å²) in [6.45, 7) is 2.60. The van der Waals surface area contributed by atoms with Crippen LogP contribution < -0.4 is 0 Å². The zero-order valence-electron chi connectivity index (χ0n) is 10.1. The van der Waals surface area contributed by atoms with E-state index in [0.29, 0.717) is 17.2 Å². The molecule has 0 unspecified atom stereocenters. The maximum atomic E-state index is 11.8. The highest BCUT2D eigenvalue weighted by Crippen LogP contribution is 2.10. The second-order valence-corrected chi connectivity index (χ2v) is 3.71. The van der Waals surface area contributed by atoms with Gasteiger partial charge >= 0.3 is 5.97 Å². The molecule has 0 radical (unpaired) electrons. The maximum absolute atomic E-state index is 11.8. The summed E-state index contributed by atoms with van der Waals surface area (Å²) in [6, 6.07) is 0. The first-order valence-corrected chi connectivity index (χ1v) is 5.35. The number of carboxylic acid groups (broad SMARTS) is 1. The molecule has 0 fully saturated rings. The van der Waals surface area contributed by atoms with Crippen molar-refractivity contribution in [2.75, 3.05) is 13.2 Å². The number of aryl methyl sites for hydroxylation is 2. The molecule has 0 spiro atoms. The van der Waals surface area contributed by atoms with Crippen molar-refractivity contribution in [3.05, 3.63) is 22.8 Å². The van der Waals surface area contributed by atoms with Crippen LogP contribution in [0.15, 0.2) is 0 Å². The lowest BCUT2D eigenvalue weighted by molar-refractivity contribution is 0.0182. The third-order valence-electron chi connectivity index (χ3n) is 2.24. The number of nitrogens with zero attached hydrogens (tertiary/aromatic N) is 2. The lowest BCUT2D eigenvalue weighted by Gasteiger charge is -2.07. The van der Waals surface area contributed by atoms with Crippen LogP contribution in [0.4, 0.5) is 8.78 Å². The van der Waals surface area contributed by atoms with E-state index >= 15 is 0 Å². The minimum absolute atomic E-state index is 0.0762. The second-order valence-electron chi connectivity index (χ2n) is 3.71. The van der Waals surface area contributed by atoms with Gasteiger partial charge in [-0.05, 0) is 13.8 Å². The van der Waals surface area contributed by atoms with Crippen molar-refractivity contribution in [3.8, 4) is 0 Å². The first-order chi connectivity index (χ1) is 8.41. The highest BCUT2D eigenvalue weighted by molar-refractivity contribution is 5.89. The highest BCUT2D eigenvalue weighted by Gasteiger charge is 2.14. The highest BCUT2D eigenvalue weighted by atomic mass is 19.3. The van der Waals surface area contributed by atoms with E-state index in [4.69, 9.17) is 9.84 Å². The molecule has 0 aliphatic carbocycles. The van der Waals surface area contributed by atoms with Gasteiger partial charge in [-0.1, -0.05) is 0 Å². The van der Waals surface area contributed by atoms with Crippen LogP contribution in [0.3, 0.4) is 0 Å². The average molecular weight is 260 g/mol. The SMILES string of the molecule is Cc1nc(CCOCC(F)F)nc(C)c1C(=O)O. The Labute approximate surface area is 103 Å². The Bertz CT molecular complexity index is 415. The smallest absolute Gasteiger partial charge is 0.339 e. The molecule has 18 heavy (non-hydrogen) atoms. The van der Waals surface area contributed by atoms with E-state index in [1.54, 1.807) is 13.8 Å². The zero-order valence-corrected chi connectivity index (χ0v) is 10.1. The van der Waals surface area contributed by atoms with E-state index in [0.717, 1.165) is 0 Å². The van der Waals surface area contributed by atoms with Crippen LogP contribution >= 0.6 is 0 Å². The van der Waals surface area contributed by atoms with Gasteiger partial charge in [0.1, 0.15) is 18.0 Å². The third-order valence-corrected chi connectivity index (χ3v) is 2.24. The standard InChI is InChI=1S/C11H14F2N2O3/c1-6-10(11(16)17)7(2)15-9(14-6)3-4-18-5-8(12)13/h8H,3-5H2,1-2H3,(H,16,17). The molecular formula is C11H14F2N2O3. The van der Waals surface area contributed by atoms with Crippen molar-refractivity contribution < 1.29 is 23.4 Å². The van der Waals surface area contributed by atoms with Crippen LogP contribution in [-0.2, 0) is 11.2 Å². The zero-order chi connectivity index (χ0) is 13.7. The Morgan fingerprint density at radius 3 is 2.33 bits per heavy atom. The lowest BCUT2D eigenvalue weighted by atomic mass is 10.1. The molecule has 1 aromatic rings. The molecule has 1 aromatic heterocycles. The number of ether oxygens (including phenoxy) is 1. The normalized spacial score (nSPS) is 10.9. The van der Waals surface area contributed by atoms with Crippen molar-refractivity contribution >= 4 is 5.97 Å². The average Bonchev–Trinajstić information content (AvgIpc) is 2.22. The number of rotatable bonds is 6. The van der Waals surface area contributed by atoms with Crippen molar-refractivity contribution in [1.82, 2.24) is 9.97 Å². The third kappa shape index (κ3) is 3.99. The van der Waals surface area contributed by atoms with Gasteiger partial charge in [0, 0.05) is 6.42 Å². The van der Waals surface area contributed by atoms with Gasteiger partial charge in [0.2, 0.25) is 0 Å². The molecule has 0 saturated heterocycles. The van der Waals surface area contributed by atoms with Gasteiger partial charge in [0.25, 0.3) is 6.43 Å². The molecule has 0 saturated carbocycles. The summed E-state index contributed by atoms with van der Waals surface area (Å²) in [5, 5.41) is 8.92. The second kappa shape index (κ2) is 6.34. The summed E-state index contributed by atoms with van der Waals surface area (Å²) in [6.07, 6.45) is -2.22. The van der Waals surface area contributed by atoms with Gasteiger partial charge in [-0.2, -0.15) is 0 Å². The molecule has 0 aliphatic rings. The number of hydrogen-bond acceptors (Lipinski definition) is 4. The van der Waals surface area contributed by atoms with Crippen molar-refractivity contribution in [2.24, 2.45) is 0 Å². The molecule has 5 nitrogen and oxygen atoms in total. The molecule has 1 rings (SSSR count). The van der Waals surface area contributed by atoms with Gasteiger partial charge in [-0.3, -0.25) is 0 Å². The van der Waals surface area contributed by atoms with Crippen LogP contribution in [-0.4, -0.2) is 40.7 Å². The fraction of sp³-hybridized carbons (Fsp3) is 0.545. The number of aromatic carboxylic acids is 1. The van der Waals surface area contributed by atoms with E-state index in [-0.39, 0.29) is 18.6 Å². The van der Waals surface area contributed by atoms with Gasteiger partial charge in [0.05, 0.1) is 18.0 Å². The monoisotopic (exact) mass is 260 g/mol. The van der Waals surface area contributed by atoms with Crippen LogP contribution in [0.25, 0.3) is 0 Å². The Balaban J connectivity index is 2.66. The quantitative estimate of drug-likeness (QED) is 0.787. The summed E-state index contributed by atoms with van der Waals surface area (Å²) in [5.41, 5.74) is 0.796. The largest absolute Gasteiger partial charge is 0.478 e. The van der Waals surface area contributed by atoms with Gasteiger partial charge in [0.15, 0.2) is 0 Å². The van der Waals surface area contributed by atoms with E-state index < -0.39 is 19.0 Å². The fourth-order valence-electron chi connectivity index (χ4n) is 1.54. The van der Waals surface area contributed by atoms with Crippen molar-refractivity contribution in [3.63, 3.8) is 0 Å². The molecule has 7 heteroatoms. The van der Waals surface area contributed by atoms with E-state index in [9.17, 15) is 13.6 Å². The Hall–Kier alpha value is -1.63. The summed E-state index contributed by atoms with van der Waals surface area (Å²) in [5.74, 6) is -0.685. The van der Waals surface area contributed by atoms with Crippen LogP contribution in [0.2, 0.25) is 0 Å². The first kappa shape index (κ1) is 14.4. The number of aromatic nitrogens is 2. The van der Waals surface area contributed by atoms with Crippen LogP contribution in [0, 0.1) is 13.8 Å². The molecule has 1 heterocycles. The Morgan fingerprint density at radius 2 is 1.89 bits per heavy atom. The van der Waals surface area contributed by atoms with Gasteiger partial charge in [-0.25, -0.2) is 23.5 Å². The molecule has 0 aliphatic heterocycles. The first-order valence-electron chi connectivity index (χ1n) is 5.35. The maximum Gasteiger partial charge on any atom is 0.339 e. The minimum atomic E-state index is -2.50.